The molecule has 2 amide bonds. The molecule has 8 nitrogen and oxygen atoms in total. The molecule has 1 aromatic heterocycles. The van der Waals surface area contributed by atoms with E-state index in [2.05, 4.69) is 27.5 Å². The van der Waals surface area contributed by atoms with Gasteiger partial charge < -0.3 is 15.5 Å². The van der Waals surface area contributed by atoms with Crippen LogP contribution in [0.2, 0.25) is 0 Å². The van der Waals surface area contributed by atoms with Gasteiger partial charge in [-0.05, 0) is 42.5 Å². The second kappa shape index (κ2) is 7.75. The fourth-order valence-corrected chi connectivity index (χ4v) is 4.47. The summed E-state index contributed by atoms with van der Waals surface area (Å²) in [6, 6.07) is 7.35. The summed E-state index contributed by atoms with van der Waals surface area (Å²) in [6.07, 6.45) is 5.18. The Labute approximate surface area is 175 Å². The summed E-state index contributed by atoms with van der Waals surface area (Å²) in [4.78, 5) is 35.2. The Morgan fingerprint density at radius 3 is 2.57 bits per heavy atom. The minimum atomic E-state index is -0.180. The van der Waals surface area contributed by atoms with Crippen LogP contribution in [-0.4, -0.2) is 34.9 Å². The first-order chi connectivity index (χ1) is 14.4. The fourth-order valence-electron chi connectivity index (χ4n) is 4.47. The van der Waals surface area contributed by atoms with Crippen molar-refractivity contribution in [3.63, 3.8) is 0 Å². The molecule has 1 saturated carbocycles. The van der Waals surface area contributed by atoms with Gasteiger partial charge in [-0.25, -0.2) is 9.97 Å². The molecule has 1 fully saturated rings. The molecule has 2 aliphatic rings. The highest BCUT2D eigenvalue weighted by atomic mass is 16.2. The van der Waals surface area contributed by atoms with E-state index in [4.69, 9.17) is 5.26 Å². The van der Waals surface area contributed by atoms with Crippen LogP contribution in [0.4, 0.5) is 11.5 Å². The summed E-state index contributed by atoms with van der Waals surface area (Å²) in [6.45, 7) is 3.72. The molecule has 4 rings (SSSR count). The number of aromatic nitrogens is 2. The van der Waals surface area contributed by atoms with Gasteiger partial charge in [-0.3, -0.25) is 9.59 Å². The lowest BCUT2D eigenvalue weighted by molar-refractivity contribution is -0.117. The van der Waals surface area contributed by atoms with Crippen molar-refractivity contribution in [2.75, 3.05) is 17.3 Å². The SMILES string of the molecule is CNC(=O)c1ccc2c(c1)C(Nc1cnc(C#N)cn1)C(C)C(C1CC1)N2C(C)=O. The lowest BCUT2D eigenvalue weighted by Gasteiger charge is -2.46. The molecular formula is C22H24N6O2. The van der Waals surface area contributed by atoms with Crippen molar-refractivity contribution in [2.24, 2.45) is 11.8 Å². The Hall–Kier alpha value is -3.47. The lowest BCUT2D eigenvalue weighted by atomic mass is 9.79. The Bertz CT molecular complexity index is 1020. The average Bonchev–Trinajstić information content (AvgIpc) is 3.59. The zero-order valence-corrected chi connectivity index (χ0v) is 17.2. The summed E-state index contributed by atoms with van der Waals surface area (Å²) < 4.78 is 0. The second-order valence-corrected chi connectivity index (χ2v) is 7.95. The van der Waals surface area contributed by atoms with Crippen molar-refractivity contribution in [1.82, 2.24) is 15.3 Å². The number of nitrogens with one attached hydrogen (secondary N) is 2. The summed E-state index contributed by atoms with van der Waals surface area (Å²) in [7, 11) is 1.59. The minimum Gasteiger partial charge on any atom is -0.362 e. The van der Waals surface area contributed by atoms with Gasteiger partial charge in [0.05, 0.1) is 18.4 Å². The zero-order valence-electron chi connectivity index (χ0n) is 17.2. The lowest BCUT2D eigenvalue weighted by Crippen LogP contribution is -2.51. The van der Waals surface area contributed by atoms with Gasteiger partial charge in [0.2, 0.25) is 5.91 Å². The van der Waals surface area contributed by atoms with Crippen LogP contribution in [-0.2, 0) is 4.79 Å². The highest BCUT2D eigenvalue weighted by Gasteiger charge is 2.47. The number of anilines is 2. The van der Waals surface area contributed by atoms with Crippen LogP contribution >= 0.6 is 0 Å². The van der Waals surface area contributed by atoms with E-state index < -0.39 is 0 Å². The molecule has 0 bridgehead atoms. The summed E-state index contributed by atoms with van der Waals surface area (Å²) in [5.74, 6) is 0.927. The molecule has 0 spiro atoms. The van der Waals surface area contributed by atoms with Gasteiger partial charge in [0, 0.05) is 37.2 Å². The molecule has 8 heteroatoms. The number of hydrogen-bond acceptors (Lipinski definition) is 6. The van der Waals surface area contributed by atoms with E-state index in [9.17, 15) is 9.59 Å². The van der Waals surface area contributed by atoms with Crippen LogP contribution < -0.4 is 15.5 Å². The highest BCUT2D eigenvalue weighted by Crippen LogP contribution is 2.50. The first kappa shape index (κ1) is 19.8. The molecule has 1 aliphatic heterocycles. The van der Waals surface area contributed by atoms with Gasteiger partial charge in [-0.2, -0.15) is 5.26 Å². The summed E-state index contributed by atoms with van der Waals surface area (Å²) in [5, 5.41) is 15.1. The number of rotatable bonds is 4. The van der Waals surface area contributed by atoms with Crippen molar-refractivity contribution in [1.29, 1.82) is 5.26 Å². The highest BCUT2D eigenvalue weighted by molar-refractivity contribution is 5.98. The largest absolute Gasteiger partial charge is 0.362 e. The summed E-state index contributed by atoms with van der Waals surface area (Å²) >= 11 is 0. The number of nitriles is 1. The predicted molar refractivity (Wildman–Crippen MR) is 112 cm³/mol. The third-order valence-corrected chi connectivity index (χ3v) is 5.99. The fraction of sp³-hybridized carbons (Fsp3) is 0.409. The number of benzene rings is 1. The van der Waals surface area contributed by atoms with Gasteiger partial charge in [0.1, 0.15) is 11.9 Å². The number of amides is 2. The van der Waals surface area contributed by atoms with E-state index in [-0.39, 0.29) is 35.5 Å². The van der Waals surface area contributed by atoms with Crippen LogP contribution in [0.25, 0.3) is 0 Å². The quantitative estimate of drug-likeness (QED) is 0.810. The van der Waals surface area contributed by atoms with Crippen molar-refractivity contribution in [3.05, 3.63) is 47.4 Å². The van der Waals surface area contributed by atoms with Crippen molar-refractivity contribution in [3.8, 4) is 6.07 Å². The van der Waals surface area contributed by atoms with Crippen LogP contribution in [0.3, 0.4) is 0 Å². The first-order valence-corrected chi connectivity index (χ1v) is 10.1. The van der Waals surface area contributed by atoms with Gasteiger partial charge >= 0.3 is 0 Å². The maximum absolute atomic E-state index is 12.6. The van der Waals surface area contributed by atoms with Crippen LogP contribution in [0.1, 0.15) is 54.3 Å². The normalized spacial score (nSPS) is 22.6. The first-order valence-electron chi connectivity index (χ1n) is 10.1. The molecule has 3 unspecified atom stereocenters. The Morgan fingerprint density at radius 2 is 2.00 bits per heavy atom. The monoisotopic (exact) mass is 404 g/mol. The standard InChI is InChI=1S/C22H24N6O2/c1-12-20(27-19-11-25-16(9-23)10-26-19)17-8-15(22(30)24-3)6-7-18(17)28(13(2)29)21(12)14-4-5-14/h6-8,10-12,14,20-21H,4-5H2,1-3H3,(H,24,30)(H,26,27). The van der Waals surface area contributed by atoms with Gasteiger partial charge in [-0.15, -0.1) is 0 Å². The van der Waals surface area contributed by atoms with Crippen LogP contribution in [0.15, 0.2) is 30.6 Å². The second-order valence-electron chi connectivity index (χ2n) is 7.95. The Morgan fingerprint density at radius 1 is 1.23 bits per heavy atom. The Kier molecular flexibility index (Phi) is 5.12. The van der Waals surface area contributed by atoms with Gasteiger partial charge in [0.15, 0.2) is 5.69 Å². The zero-order chi connectivity index (χ0) is 21.4. The van der Waals surface area contributed by atoms with E-state index in [1.54, 1.807) is 20.0 Å². The topological polar surface area (TPSA) is 111 Å². The van der Waals surface area contributed by atoms with E-state index in [0.29, 0.717) is 17.3 Å². The van der Waals surface area contributed by atoms with Crippen LogP contribution in [0, 0.1) is 23.2 Å². The number of carbonyl (C=O) groups excluding carboxylic acids is 2. The third-order valence-electron chi connectivity index (χ3n) is 5.99. The Balaban J connectivity index is 1.80. The van der Waals surface area contributed by atoms with E-state index in [1.807, 2.05) is 23.1 Å². The molecule has 1 aliphatic carbocycles. The minimum absolute atomic E-state index is 0.00399. The van der Waals surface area contributed by atoms with Crippen molar-refractivity contribution < 1.29 is 9.59 Å². The third kappa shape index (κ3) is 3.47. The molecule has 1 aromatic carbocycles. The molecule has 2 N–H and O–H groups in total. The molecular weight excluding hydrogens is 380 g/mol. The maximum atomic E-state index is 12.6. The maximum Gasteiger partial charge on any atom is 0.251 e. The van der Waals surface area contributed by atoms with Crippen molar-refractivity contribution >= 4 is 23.3 Å². The number of nitrogens with zero attached hydrogens (tertiary/aromatic N) is 4. The van der Waals surface area contributed by atoms with E-state index >= 15 is 0 Å². The molecule has 30 heavy (non-hydrogen) atoms. The molecule has 154 valence electrons. The van der Waals surface area contributed by atoms with Crippen molar-refractivity contribution in [2.45, 2.75) is 38.8 Å². The number of hydrogen-bond donors (Lipinski definition) is 2. The molecule has 2 heterocycles. The average molecular weight is 404 g/mol. The van der Waals surface area contributed by atoms with Gasteiger partial charge in [0.25, 0.3) is 5.91 Å². The molecule has 2 aromatic rings. The number of carbonyl (C=O) groups is 2. The number of fused-ring (bicyclic) bond motifs is 1. The summed E-state index contributed by atoms with van der Waals surface area (Å²) in [5.41, 5.74) is 2.49. The molecule has 0 saturated heterocycles. The molecule has 0 radical (unpaired) electrons. The predicted octanol–water partition coefficient (Wildman–Crippen LogP) is 2.64. The van der Waals surface area contributed by atoms with Crippen LogP contribution in [0.5, 0.6) is 0 Å². The van der Waals surface area contributed by atoms with E-state index in [0.717, 1.165) is 24.1 Å². The van der Waals surface area contributed by atoms with Gasteiger partial charge in [-0.1, -0.05) is 6.92 Å². The molecule has 3 atom stereocenters. The smallest absolute Gasteiger partial charge is 0.251 e. The van der Waals surface area contributed by atoms with E-state index in [1.165, 1.54) is 12.4 Å².